The van der Waals surface area contributed by atoms with Gasteiger partial charge in [0.1, 0.15) is 28.4 Å². The van der Waals surface area contributed by atoms with Crippen LogP contribution in [0.4, 0.5) is 5.69 Å². The van der Waals surface area contributed by atoms with Crippen molar-refractivity contribution in [3.05, 3.63) is 48.3 Å². The molecule has 0 radical (unpaired) electrons. The molecule has 0 aliphatic rings. The molecule has 0 fully saturated rings. The number of hydrogen-bond acceptors (Lipinski definition) is 6. The number of aromatic amines is 1. The van der Waals surface area contributed by atoms with Gasteiger partial charge in [-0.3, -0.25) is 4.79 Å². The average molecular weight is 408 g/mol. The first-order valence-corrected chi connectivity index (χ1v) is 9.95. The van der Waals surface area contributed by atoms with Gasteiger partial charge in [0.15, 0.2) is 0 Å². The molecular formula is C21H20N4O3S. The zero-order chi connectivity index (χ0) is 20.4. The van der Waals surface area contributed by atoms with E-state index in [-0.39, 0.29) is 11.7 Å². The number of anilines is 1. The van der Waals surface area contributed by atoms with E-state index in [0.29, 0.717) is 17.2 Å². The molecule has 7 nitrogen and oxygen atoms in total. The second-order valence-electron chi connectivity index (χ2n) is 6.48. The SMILES string of the molecule is COc1ccc(OC)c(NC(=O)CSc2ncnc3c2[nH]c2ccc(C)cc23)c1. The van der Waals surface area contributed by atoms with E-state index in [1.165, 1.54) is 18.1 Å². The van der Waals surface area contributed by atoms with E-state index in [0.717, 1.165) is 32.5 Å². The van der Waals surface area contributed by atoms with Crippen LogP contribution in [-0.2, 0) is 4.79 Å². The van der Waals surface area contributed by atoms with Crippen molar-refractivity contribution in [2.24, 2.45) is 0 Å². The number of benzene rings is 2. The van der Waals surface area contributed by atoms with Gasteiger partial charge < -0.3 is 19.8 Å². The quantitative estimate of drug-likeness (QED) is 0.368. The Balaban J connectivity index is 1.54. The molecule has 0 saturated carbocycles. The highest BCUT2D eigenvalue weighted by molar-refractivity contribution is 8.00. The minimum absolute atomic E-state index is 0.166. The summed E-state index contributed by atoms with van der Waals surface area (Å²) in [7, 11) is 3.13. The van der Waals surface area contributed by atoms with E-state index in [2.05, 4.69) is 26.3 Å². The number of H-pyrrole nitrogens is 1. The molecule has 0 unspecified atom stereocenters. The molecule has 8 heteroatoms. The Labute approximate surface area is 171 Å². The second kappa shape index (κ2) is 8.00. The molecule has 4 rings (SSSR count). The molecule has 29 heavy (non-hydrogen) atoms. The second-order valence-corrected chi connectivity index (χ2v) is 7.44. The van der Waals surface area contributed by atoms with E-state index >= 15 is 0 Å². The maximum Gasteiger partial charge on any atom is 0.234 e. The fourth-order valence-electron chi connectivity index (χ4n) is 3.13. The Morgan fingerprint density at radius 3 is 2.79 bits per heavy atom. The van der Waals surface area contributed by atoms with Crippen molar-refractivity contribution in [2.75, 3.05) is 25.3 Å². The van der Waals surface area contributed by atoms with Crippen molar-refractivity contribution in [3.8, 4) is 11.5 Å². The van der Waals surface area contributed by atoms with Crippen molar-refractivity contribution in [3.63, 3.8) is 0 Å². The summed E-state index contributed by atoms with van der Waals surface area (Å²) in [6.07, 6.45) is 1.53. The number of aryl methyl sites for hydroxylation is 1. The molecule has 0 saturated heterocycles. The number of rotatable bonds is 6. The number of thioether (sulfide) groups is 1. The van der Waals surface area contributed by atoms with Crippen LogP contribution in [0.1, 0.15) is 5.56 Å². The largest absolute Gasteiger partial charge is 0.497 e. The van der Waals surface area contributed by atoms with Gasteiger partial charge in [0, 0.05) is 17.0 Å². The van der Waals surface area contributed by atoms with Crippen molar-refractivity contribution in [2.45, 2.75) is 11.9 Å². The minimum Gasteiger partial charge on any atom is -0.497 e. The Morgan fingerprint density at radius 2 is 2.00 bits per heavy atom. The monoisotopic (exact) mass is 408 g/mol. The zero-order valence-electron chi connectivity index (χ0n) is 16.3. The first kappa shape index (κ1) is 19.1. The van der Waals surface area contributed by atoms with Gasteiger partial charge in [0.25, 0.3) is 0 Å². The first-order valence-electron chi connectivity index (χ1n) is 8.96. The van der Waals surface area contributed by atoms with Crippen molar-refractivity contribution in [1.82, 2.24) is 15.0 Å². The Morgan fingerprint density at radius 1 is 1.14 bits per heavy atom. The van der Waals surface area contributed by atoms with Crippen LogP contribution in [0.5, 0.6) is 11.5 Å². The van der Waals surface area contributed by atoms with E-state index in [4.69, 9.17) is 9.47 Å². The number of nitrogens with one attached hydrogen (secondary N) is 2. The molecular weight excluding hydrogens is 388 g/mol. The summed E-state index contributed by atoms with van der Waals surface area (Å²) < 4.78 is 10.5. The minimum atomic E-state index is -0.166. The number of carbonyl (C=O) groups excluding carboxylic acids is 1. The predicted octanol–water partition coefficient (Wildman–Crippen LogP) is 4.17. The topological polar surface area (TPSA) is 89.1 Å². The van der Waals surface area contributed by atoms with Crippen LogP contribution in [0.2, 0.25) is 0 Å². The third-order valence-electron chi connectivity index (χ3n) is 4.52. The molecule has 148 valence electrons. The molecule has 2 aromatic heterocycles. The van der Waals surface area contributed by atoms with Crippen LogP contribution >= 0.6 is 11.8 Å². The summed E-state index contributed by atoms with van der Waals surface area (Å²) in [6, 6.07) is 11.4. The molecule has 1 amide bonds. The smallest absolute Gasteiger partial charge is 0.234 e. The normalized spacial score (nSPS) is 11.0. The highest BCUT2D eigenvalue weighted by Gasteiger charge is 2.14. The maximum absolute atomic E-state index is 12.5. The molecule has 0 aliphatic carbocycles. The number of carbonyl (C=O) groups is 1. The molecule has 2 N–H and O–H groups in total. The molecule has 0 bridgehead atoms. The van der Waals surface area contributed by atoms with E-state index in [9.17, 15) is 4.79 Å². The van der Waals surface area contributed by atoms with Gasteiger partial charge in [-0.25, -0.2) is 9.97 Å². The van der Waals surface area contributed by atoms with Crippen LogP contribution in [0.3, 0.4) is 0 Å². The number of hydrogen-bond donors (Lipinski definition) is 2. The fourth-order valence-corrected chi connectivity index (χ4v) is 3.88. The number of ether oxygens (including phenoxy) is 2. The van der Waals surface area contributed by atoms with E-state index in [1.807, 2.05) is 19.1 Å². The zero-order valence-corrected chi connectivity index (χ0v) is 17.1. The Kier molecular flexibility index (Phi) is 5.26. The third kappa shape index (κ3) is 3.84. The number of amides is 1. The van der Waals surface area contributed by atoms with Gasteiger partial charge in [-0.2, -0.15) is 0 Å². The summed E-state index contributed by atoms with van der Waals surface area (Å²) in [5.41, 5.74) is 4.42. The van der Waals surface area contributed by atoms with Crippen LogP contribution in [0.25, 0.3) is 21.9 Å². The molecule has 4 aromatic rings. The maximum atomic E-state index is 12.5. The van der Waals surface area contributed by atoms with Gasteiger partial charge in [-0.15, -0.1) is 0 Å². The lowest BCUT2D eigenvalue weighted by Crippen LogP contribution is -2.15. The van der Waals surface area contributed by atoms with Gasteiger partial charge >= 0.3 is 0 Å². The van der Waals surface area contributed by atoms with Gasteiger partial charge in [0.05, 0.1) is 31.2 Å². The highest BCUT2D eigenvalue weighted by Crippen LogP contribution is 2.31. The van der Waals surface area contributed by atoms with Crippen molar-refractivity contribution >= 4 is 45.3 Å². The number of nitrogens with zero attached hydrogens (tertiary/aromatic N) is 2. The van der Waals surface area contributed by atoms with E-state index < -0.39 is 0 Å². The fraction of sp³-hybridized carbons (Fsp3) is 0.190. The summed E-state index contributed by atoms with van der Waals surface area (Å²) in [5.74, 6) is 1.24. The number of fused-ring (bicyclic) bond motifs is 3. The predicted molar refractivity (Wildman–Crippen MR) is 115 cm³/mol. The van der Waals surface area contributed by atoms with E-state index in [1.54, 1.807) is 32.4 Å². The molecule has 0 aliphatic heterocycles. The third-order valence-corrected chi connectivity index (χ3v) is 5.51. The first-order chi connectivity index (χ1) is 14.1. The van der Waals surface area contributed by atoms with Crippen LogP contribution < -0.4 is 14.8 Å². The van der Waals surface area contributed by atoms with Crippen LogP contribution in [-0.4, -0.2) is 40.8 Å². The van der Waals surface area contributed by atoms with Crippen molar-refractivity contribution in [1.29, 1.82) is 0 Å². The van der Waals surface area contributed by atoms with Gasteiger partial charge in [0.2, 0.25) is 5.91 Å². The number of aromatic nitrogens is 3. The van der Waals surface area contributed by atoms with Crippen LogP contribution in [0, 0.1) is 6.92 Å². The summed E-state index contributed by atoms with van der Waals surface area (Å²) in [5, 5.41) is 4.65. The lowest BCUT2D eigenvalue weighted by molar-refractivity contribution is -0.113. The van der Waals surface area contributed by atoms with Crippen molar-refractivity contribution < 1.29 is 14.3 Å². The molecule has 2 heterocycles. The van der Waals surface area contributed by atoms with Gasteiger partial charge in [-0.1, -0.05) is 23.4 Å². The molecule has 0 spiro atoms. The lowest BCUT2D eigenvalue weighted by Gasteiger charge is -2.11. The summed E-state index contributed by atoms with van der Waals surface area (Å²) in [6.45, 7) is 2.05. The highest BCUT2D eigenvalue weighted by atomic mass is 32.2. The van der Waals surface area contributed by atoms with Gasteiger partial charge in [-0.05, 0) is 31.2 Å². The average Bonchev–Trinajstić information content (AvgIpc) is 3.10. The lowest BCUT2D eigenvalue weighted by atomic mass is 10.2. The molecule has 0 atom stereocenters. The number of methoxy groups -OCH3 is 2. The Hall–Kier alpha value is -3.26. The standard InChI is InChI=1S/C21H20N4O3S/c1-12-4-6-15-14(8-12)19-20(25-15)21(23-11-22-19)29-10-18(26)24-16-9-13(27-2)5-7-17(16)28-3/h4-9,11,25H,10H2,1-3H3,(H,24,26). The Bertz CT molecular complexity index is 1210. The summed E-state index contributed by atoms with van der Waals surface area (Å²) >= 11 is 1.35. The molecule has 2 aromatic carbocycles. The van der Waals surface area contributed by atoms with Crippen LogP contribution in [0.15, 0.2) is 47.8 Å². The summed E-state index contributed by atoms with van der Waals surface area (Å²) in [4.78, 5) is 24.7.